The standard InChI is InChI=1S/C18H22N2O2S/c1-23(21,22)16-9-7-14(8-10-16)11-20-12-17(18(19)13-20)15-5-3-2-4-6-15/h2-10,17-18H,11-13,19H2,1H3/t17-,18+/m0/s1. The molecule has 2 aromatic carbocycles. The highest BCUT2D eigenvalue weighted by atomic mass is 32.2. The molecule has 0 aromatic heterocycles. The van der Waals surface area contributed by atoms with E-state index in [-0.39, 0.29) is 6.04 Å². The Balaban J connectivity index is 1.68. The Bertz CT molecular complexity index is 757. The Morgan fingerprint density at radius 2 is 1.70 bits per heavy atom. The summed E-state index contributed by atoms with van der Waals surface area (Å²) in [5.41, 5.74) is 8.71. The van der Waals surface area contributed by atoms with Gasteiger partial charge in [-0.25, -0.2) is 8.42 Å². The summed E-state index contributed by atoms with van der Waals surface area (Å²) in [4.78, 5) is 2.69. The van der Waals surface area contributed by atoms with Gasteiger partial charge in [0.05, 0.1) is 4.90 Å². The SMILES string of the molecule is CS(=O)(=O)c1ccc(CN2C[C@@H](N)[C@H](c3ccccc3)C2)cc1. The Kier molecular flexibility index (Phi) is 4.53. The van der Waals surface area contributed by atoms with Gasteiger partial charge in [-0.15, -0.1) is 0 Å². The van der Waals surface area contributed by atoms with Gasteiger partial charge < -0.3 is 5.73 Å². The number of benzene rings is 2. The van der Waals surface area contributed by atoms with Gasteiger partial charge in [-0.05, 0) is 23.3 Å². The molecule has 1 saturated heterocycles. The summed E-state index contributed by atoms with van der Waals surface area (Å²) in [5.74, 6) is 0.353. The lowest BCUT2D eigenvalue weighted by molar-refractivity contribution is 0.324. The van der Waals surface area contributed by atoms with E-state index in [0.29, 0.717) is 10.8 Å². The number of likely N-dealkylation sites (tertiary alicyclic amines) is 1. The third-order valence-corrected chi connectivity index (χ3v) is 5.55. The van der Waals surface area contributed by atoms with E-state index in [1.807, 2.05) is 18.2 Å². The normalized spacial score (nSPS) is 22.3. The highest BCUT2D eigenvalue weighted by Crippen LogP contribution is 2.27. The van der Waals surface area contributed by atoms with Gasteiger partial charge in [0.15, 0.2) is 9.84 Å². The molecule has 2 atom stereocenters. The lowest BCUT2D eigenvalue weighted by Crippen LogP contribution is -2.28. The van der Waals surface area contributed by atoms with E-state index < -0.39 is 9.84 Å². The van der Waals surface area contributed by atoms with Crippen LogP contribution in [0, 0.1) is 0 Å². The predicted molar refractivity (Wildman–Crippen MR) is 92.0 cm³/mol. The molecule has 0 aliphatic carbocycles. The molecule has 23 heavy (non-hydrogen) atoms. The monoisotopic (exact) mass is 330 g/mol. The lowest BCUT2D eigenvalue weighted by atomic mass is 9.95. The zero-order valence-electron chi connectivity index (χ0n) is 13.2. The van der Waals surface area contributed by atoms with Crippen molar-refractivity contribution >= 4 is 9.84 Å². The first-order valence-corrected chi connectivity index (χ1v) is 9.64. The number of hydrogen-bond acceptors (Lipinski definition) is 4. The van der Waals surface area contributed by atoms with Gasteiger partial charge in [0, 0.05) is 37.8 Å². The molecule has 2 aromatic rings. The molecule has 5 heteroatoms. The van der Waals surface area contributed by atoms with Crippen LogP contribution in [-0.2, 0) is 16.4 Å². The van der Waals surface area contributed by atoms with Gasteiger partial charge >= 0.3 is 0 Å². The molecule has 4 nitrogen and oxygen atoms in total. The molecule has 1 aliphatic heterocycles. The number of nitrogens with two attached hydrogens (primary N) is 1. The van der Waals surface area contributed by atoms with Crippen molar-refractivity contribution in [2.75, 3.05) is 19.3 Å². The van der Waals surface area contributed by atoms with Crippen LogP contribution >= 0.6 is 0 Å². The summed E-state index contributed by atoms with van der Waals surface area (Å²) in [6, 6.07) is 17.6. The zero-order valence-corrected chi connectivity index (χ0v) is 14.0. The Morgan fingerprint density at radius 1 is 1.04 bits per heavy atom. The van der Waals surface area contributed by atoms with Crippen LogP contribution in [0.15, 0.2) is 59.5 Å². The van der Waals surface area contributed by atoms with Crippen LogP contribution in [0.1, 0.15) is 17.0 Å². The Morgan fingerprint density at radius 3 is 2.30 bits per heavy atom. The fraction of sp³-hybridized carbons (Fsp3) is 0.333. The topological polar surface area (TPSA) is 63.4 Å². The van der Waals surface area contributed by atoms with Crippen LogP contribution in [0.4, 0.5) is 0 Å². The average Bonchev–Trinajstić information content (AvgIpc) is 2.88. The smallest absolute Gasteiger partial charge is 0.175 e. The highest BCUT2D eigenvalue weighted by Gasteiger charge is 2.30. The number of rotatable bonds is 4. The second kappa shape index (κ2) is 6.43. The van der Waals surface area contributed by atoms with Crippen LogP contribution < -0.4 is 5.73 Å². The first-order chi connectivity index (χ1) is 10.9. The second-order valence-electron chi connectivity index (χ2n) is 6.29. The molecule has 1 heterocycles. The van der Waals surface area contributed by atoms with E-state index in [4.69, 9.17) is 5.73 Å². The highest BCUT2D eigenvalue weighted by molar-refractivity contribution is 7.90. The third kappa shape index (κ3) is 3.80. The molecule has 0 bridgehead atoms. The van der Waals surface area contributed by atoms with Crippen molar-refractivity contribution in [2.24, 2.45) is 5.73 Å². The summed E-state index contributed by atoms with van der Waals surface area (Å²) in [7, 11) is -3.13. The fourth-order valence-electron chi connectivity index (χ4n) is 3.20. The van der Waals surface area contributed by atoms with Crippen LogP contribution in [0.2, 0.25) is 0 Å². The molecule has 122 valence electrons. The van der Waals surface area contributed by atoms with Crippen LogP contribution in [0.25, 0.3) is 0 Å². The van der Waals surface area contributed by atoms with Crippen molar-refractivity contribution in [2.45, 2.75) is 23.4 Å². The molecule has 0 spiro atoms. The molecular weight excluding hydrogens is 308 g/mol. The second-order valence-corrected chi connectivity index (χ2v) is 8.31. The fourth-order valence-corrected chi connectivity index (χ4v) is 3.83. The summed E-state index contributed by atoms with van der Waals surface area (Å²) >= 11 is 0. The molecule has 1 fully saturated rings. The Hall–Kier alpha value is -1.69. The molecule has 0 radical (unpaired) electrons. The van der Waals surface area contributed by atoms with Crippen molar-refractivity contribution in [1.29, 1.82) is 0 Å². The summed E-state index contributed by atoms with van der Waals surface area (Å²) in [6.07, 6.45) is 1.23. The maximum atomic E-state index is 11.5. The van der Waals surface area contributed by atoms with Gasteiger partial charge in [0.2, 0.25) is 0 Å². The van der Waals surface area contributed by atoms with Crippen LogP contribution in [0.5, 0.6) is 0 Å². The maximum Gasteiger partial charge on any atom is 0.175 e. The van der Waals surface area contributed by atoms with E-state index in [0.717, 1.165) is 25.2 Å². The predicted octanol–water partition coefficient (Wildman–Crippen LogP) is 2.02. The first-order valence-electron chi connectivity index (χ1n) is 7.75. The number of hydrogen-bond donors (Lipinski definition) is 1. The quantitative estimate of drug-likeness (QED) is 0.931. The minimum absolute atomic E-state index is 0.132. The van der Waals surface area contributed by atoms with Gasteiger partial charge in [-0.3, -0.25) is 4.90 Å². The van der Waals surface area contributed by atoms with Crippen molar-refractivity contribution in [1.82, 2.24) is 4.90 Å². The molecule has 0 saturated carbocycles. The molecular formula is C18H22N2O2S. The van der Waals surface area contributed by atoms with Gasteiger partial charge in [-0.2, -0.15) is 0 Å². The van der Waals surface area contributed by atoms with Crippen molar-refractivity contribution in [3.05, 3.63) is 65.7 Å². The van der Waals surface area contributed by atoms with Gasteiger partial charge in [-0.1, -0.05) is 42.5 Å². The van der Waals surface area contributed by atoms with Crippen LogP contribution in [0.3, 0.4) is 0 Å². The van der Waals surface area contributed by atoms with Crippen molar-refractivity contribution < 1.29 is 8.42 Å². The number of sulfone groups is 1. The summed E-state index contributed by atoms with van der Waals surface area (Å²) in [5, 5.41) is 0. The van der Waals surface area contributed by atoms with Crippen LogP contribution in [-0.4, -0.2) is 38.7 Å². The number of nitrogens with zero attached hydrogens (tertiary/aromatic N) is 1. The molecule has 3 rings (SSSR count). The summed E-state index contributed by atoms with van der Waals surface area (Å²) < 4.78 is 23.0. The average molecular weight is 330 g/mol. The third-order valence-electron chi connectivity index (χ3n) is 4.43. The van der Waals surface area contributed by atoms with E-state index in [2.05, 4.69) is 29.2 Å². The molecule has 0 amide bonds. The summed E-state index contributed by atoms with van der Waals surface area (Å²) in [6.45, 7) is 2.58. The largest absolute Gasteiger partial charge is 0.326 e. The van der Waals surface area contributed by atoms with E-state index in [9.17, 15) is 8.42 Å². The minimum Gasteiger partial charge on any atom is -0.326 e. The van der Waals surface area contributed by atoms with Gasteiger partial charge in [0.1, 0.15) is 0 Å². The molecule has 2 N–H and O–H groups in total. The zero-order chi connectivity index (χ0) is 16.4. The van der Waals surface area contributed by atoms with Crippen molar-refractivity contribution in [3.8, 4) is 0 Å². The van der Waals surface area contributed by atoms with E-state index in [1.54, 1.807) is 12.1 Å². The van der Waals surface area contributed by atoms with Crippen molar-refractivity contribution in [3.63, 3.8) is 0 Å². The molecule has 1 aliphatic rings. The molecule has 0 unspecified atom stereocenters. The first kappa shape index (κ1) is 16.2. The van der Waals surface area contributed by atoms with E-state index in [1.165, 1.54) is 11.8 Å². The minimum atomic E-state index is -3.13. The lowest BCUT2D eigenvalue weighted by Gasteiger charge is -2.16. The Labute approximate surface area is 137 Å². The maximum absolute atomic E-state index is 11.5. The van der Waals surface area contributed by atoms with Gasteiger partial charge in [0.25, 0.3) is 0 Å². The van der Waals surface area contributed by atoms with E-state index >= 15 is 0 Å².